The van der Waals surface area contributed by atoms with Gasteiger partial charge in [0, 0.05) is 17.6 Å². The Kier molecular flexibility index (Phi) is 5.07. The number of rotatable bonds is 4. The maximum atomic E-state index is 12.0. The van der Waals surface area contributed by atoms with E-state index in [1.54, 1.807) is 6.92 Å². The van der Waals surface area contributed by atoms with Crippen LogP contribution in [0, 0.1) is 0 Å². The molecule has 0 heterocycles. The second-order valence-corrected chi connectivity index (χ2v) is 6.36. The lowest BCUT2D eigenvalue weighted by molar-refractivity contribution is 0.563. The van der Waals surface area contributed by atoms with Crippen molar-refractivity contribution in [1.29, 1.82) is 0 Å². The van der Waals surface area contributed by atoms with Crippen molar-refractivity contribution >= 4 is 44.8 Å². The second kappa shape index (κ2) is 5.73. The Morgan fingerprint density at radius 2 is 1.76 bits per heavy atom. The predicted octanol–water partition coefficient (Wildman–Crippen LogP) is 2.27. The molecule has 1 atom stereocenters. The van der Waals surface area contributed by atoms with Crippen molar-refractivity contribution in [1.82, 2.24) is 4.72 Å². The van der Waals surface area contributed by atoms with Crippen molar-refractivity contribution in [2.24, 2.45) is 5.73 Å². The zero-order chi connectivity index (χ0) is 13.2. The lowest BCUT2D eigenvalue weighted by atomic mass is 10.4. The van der Waals surface area contributed by atoms with Crippen LogP contribution in [0.15, 0.2) is 17.0 Å². The van der Waals surface area contributed by atoms with Gasteiger partial charge in [-0.15, -0.1) is 0 Å². The van der Waals surface area contributed by atoms with Gasteiger partial charge < -0.3 is 5.73 Å². The summed E-state index contributed by atoms with van der Waals surface area (Å²) in [5, 5.41) is 0.212. The molecule has 0 aliphatic rings. The zero-order valence-electron chi connectivity index (χ0n) is 8.88. The number of sulfonamides is 1. The number of nitrogens with two attached hydrogens (primary N) is 1. The standard InChI is InChI=1S/C9H11Cl3N2O2S/c1-5(4-13)14-17(15,16)9-7(11)2-6(10)3-8(9)12/h2-3,5,14H,4,13H2,1H3/t5-/m1/s1. The molecule has 0 radical (unpaired) electrons. The van der Waals surface area contributed by atoms with E-state index in [-0.39, 0.29) is 26.5 Å². The van der Waals surface area contributed by atoms with Gasteiger partial charge in [-0.05, 0) is 19.1 Å². The summed E-state index contributed by atoms with van der Waals surface area (Å²) in [5.41, 5.74) is 5.34. The SMILES string of the molecule is C[C@H](CN)NS(=O)(=O)c1c(Cl)cc(Cl)cc1Cl. The van der Waals surface area contributed by atoms with E-state index in [0.29, 0.717) is 0 Å². The summed E-state index contributed by atoms with van der Waals surface area (Å²) in [5.74, 6) is 0. The van der Waals surface area contributed by atoms with Gasteiger partial charge in [0.15, 0.2) is 0 Å². The Morgan fingerprint density at radius 3 is 2.18 bits per heavy atom. The molecule has 1 aromatic rings. The molecular formula is C9H11Cl3N2O2S. The fraction of sp³-hybridized carbons (Fsp3) is 0.333. The monoisotopic (exact) mass is 316 g/mol. The molecule has 3 N–H and O–H groups in total. The van der Waals surface area contributed by atoms with E-state index in [9.17, 15) is 8.42 Å². The third-order valence-electron chi connectivity index (χ3n) is 1.94. The van der Waals surface area contributed by atoms with Crippen LogP contribution in [-0.4, -0.2) is 21.0 Å². The van der Waals surface area contributed by atoms with Crippen LogP contribution in [0.5, 0.6) is 0 Å². The van der Waals surface area contributed by atoms with E-state index in [1.807, 2.05) is 0 Å². The summed E-state index contributed by atoms with van der Waals surface area (Å²) in [4.78, 5) is -0.189. The van der Waals surface area contributed by atoms with Crippen LogP contribution in [0.25, 0.3) is 0 Å². The van der Waals surface area contributed by atoms with Gasteiger partial charge in [0.2, 0.25) is 10.0 Å². The number of halogens is 3. The van der Waals surface area contributed by atoms with E-state index in [1.165, 1.54) is 12.1 Å². The fourth-order valence-electron chi connectivity index (χ4n) is 1.16. The second-order valence-electron chi connectivity index (χ2n) is 3.46. The van der Waals surface area contributed by atoms with Crippen LogP contribution in [0.2, 0.25) is 15.1 Å². The van der Waals surface area contributed by atoms with E-state index in [2.05, 4.69) is 4.72 Å². The van der Waals surface area contributed by atoms with Gasteiger partial charge in [0.1, 0.15) is 4.90 Å². The normalized spacial score (nSPS) is 13.7. The van der Waals surface area contributed by atoms with Gasteiger partial charge in [-0.3, -0.25) is 0 Å². The molecule has 0 aliphatic carbocycles. The first kappa shape index (κ1) is 15.0. The Morgan fingerprint density at radius 1 is 1.29 bits per heavy atom. The summed E-state index contributed by atoms with van der Waals surface area (Å²) in [6, 6.07) is 2.22. The molecule has 0 unspecified atom stereocenters. The first-order valence-electron chi connectivity index (χ1n) is 4.65. The lowest BCUT2D eigenvalue weighted by Crippen LogP contribution is -2.38. The summed E-state index contributed by atoms with van der Waals surface area (Å²) in [6.45, 7) is 1.80. The fourth-order valence-corrected chi connectivity index (χ4v) is 3.96. The van der Waals surface area contributed by atoms with Gasteiger partial charge in [-0.25, -0.2) is 13.1 Å². The highest BCUT2D eigenvalue weighted by Gasteiger charge is 2.23. The van der Waals surface area contributed by atoms with Crippen molar-refractivity contribution in [3.8, 4) is 0 Å². The van der Waals surface area contributed by atoms with Crippen molar-refractivity contribution in [3.05, 3.63) is 27.2 Å². The molecule has 0 amide bonds. The molecule has 0 aliphatic heterocycles. The molecule has 0 aromatic heterocycles. The minimum Gasteiger partial charge on any atom is -0.329 e. The Balaban J connectivity index is 3.25. The van der Waals surface area contributed by atoms with Gasteiger partial charge in [0.25, 0.3) is 0 Å². The van der Waals surface area contributed by atoms with Gasteiger partial charge >= 0.3 is 0 Å². The van der Waals surface area contributed by atoms with Crippen LogP contribution in [0.1, 0.15) is 6.92 Å². The Bertz CT molecular complexity index is 496. The molecule has 17 heavy (non-hydrogen) atoms. The minimum absolute atomic E-state index is 0.0285. The topological polar surface area (TPSA) is 72.2 Å². The lowest BCUT2D eigenvalue weighted by Gasteiger charge is -2.14. The van der Waals surface area contributed by atoms with Crippen molar-refractivity contribution in [2.75, 3.05) is 6.54 Å². The van der Waals surface area contributed by atoms with Crippen LogP contribution < -0.4 is 10.5 Å². The van der Waals surface area contributed by atoms with Crippen LogP contribution in [0.3, 0.4) is 0 Å². The zero-order valence-corrected chi connectivity index (χ0v) is 12.0. The third kappa shape index (κ3) is 3.71. The first-order chi connectivity index (χ1) is 7.77. The number of hydrogen-bond acceptors (Lipinski definition) is 3. The molecular weight excluding hydrogens is 307 g/mol. The minimum atomic E-state index is -3.80. The predicted molar refractivity (Wildman–Crippen MR) is 70.3 cm³/mol. The molecule has 96 valence electrons. The summed E-state index contributed by atoms with van der Waals surface area (Å²) < 4.78 is 26.3. The largest absolute Gasteiger partial charge is 0.329 e. The van der Waals surface area contributed by atoms with E-state index >= 15 is 0 Å². The van der Waals surface area contributed by atoms with Crippen molar-refractivity contribution in [2.45, 2.75) is 17.9 Å². The number of hydrogen-bond donors (Lipinski definition) is 2. The van der Waals surface area contributed by atoms with Gasteiger partial charge in [0.05, 0.1) is 10.0 Å². The number of nitrogens with one attached hydrogen (secondary N) is 1. The molecule has 0 fully saturated rings. The smallest absolute Gasteiger partial charge is 0.243 e. The highest BCUT2D eigenvalue weighted by Crippen LogP contribution is 2.32. The quantitative estimate of drug-likeness (QED) is 0.895. The van der Waals surface area contributed by atoms with Crippen LogP contribution in [-0.2, 0) is 10.0 Å². The number of benzene rings is 1. The molecule has 0 saturated heterocycles. The third-order valence-corrected chi connectivity index (χ3v) is 4.67. The average Bonchev–Trinajstić information content (AvgIpc) is 2.14. The van der Waals surface area contributed by atoms with E-state index < -0.39 is 16.1 Å². The van der Waals surface area contributed by atoms with E-state index in [0.717, 1.165) is 0 Å². The molecule has 0 spiro atoms. The molecule has 4 nitrogen and oxygen atoms in total. The molecule has 0 saturated carbocycles. The Hall–Kier alpha value is -0.0400. The maximum absolute atomic E-state index is 12.0. The average molecular weight is 318 g/mol. The molecule has 8 heteroatoms. The highest BCUT2D eigenvalue weighted by molar-refractivity contribution is 7.89. The summed E-state index contributed by atoms with van der Waals surface area (Å²) >= 11 is 17.4. The summed E-state index contributed by atoms with van der Waals surface area (Å²) in [6.07, 6.45) is 0. The molecule has 0 bridgehead atoms. The van der Waals surface area contributed by atoms with Crippen molar-refractivity contribution < 1.29 is 8.42 Å². The van der Waals surface area contributed by atoms with Crippen molar-refractivity contribution in [3.63, 3.8) is 0 Å². The first-order valence-corrected chi connectivity index (χ1v) is 7.26. The van der Waals surface area contributed by atoms with Gasteiger partial charge in [-0.2, -0.15) is 0 Å². The van der Waals surface area contributed by atoms with E-state index in [4.69, 9.17) is 40.5 Å². The molecule has 1 aromatic carbocycles. The van der Waals surface area contributed by atoms with Gasteiger partial charge in [-0.1, -0.05) is 34.8 Å². The summed E-state index contributed by atoms with van der Waals surface area (Å²) in [7, 11) is -3.80. The van der Waals surface area contributed by atoms with Crippen LogP contribution >= 0.6 is 34.8 Å². The highest BCUT2D eigenvalue weighted by atomic mass is 35.5. The maximum Gasteiger partial charge on any atom is 0.243 e. The Labute approximate surface area is 115 Å². The van der Waals surface area contributed by atoms with Crippen LogP contribution in [0.4, 0.5) is 0 Å². The molecule has 1 rings (SSSR count).